The maximum Gasteiger partial charge on any atom is 0.256 e. The van der Waals surface area contributed by atoms with Gasteiger partial charge < -0.3 is 15.3 Å². The summed E-state index contributed by atoms with van der Waals surface area (Å²) in [6, 6.07) is 7.14. The predicted molar refractivity (Wildman–Crippen MR) is 69.4 cm³/mol. The van der Waals surface area contributed by atoms with Gasteiger partial charge in [0, 0.05) is 12.6 Å². The topological polar surface area (TPSA) is 63.9 Å². The number of β-amino-alcohol motifs (C(OH)–C–C–N with tert-alkyl or cyclic N) is 1. The number of aliphatic hydroxyl groups excluding tert-OH is 3. The van der Waals surface area contributed by atoms with Crippen LogP contribution < -0.4 is 0 Å². The van der Waals surface area contributed by atoms with E-state index in [0.717, 1.165) is 5.56 Å². The molecule has 6 heteroatoms. The molecule has 20 heavy (non-hydrogen) atoms. The van der Waals surface area contributed by atoms with Crippen molar-refractivity contribution in [1.82, 2.24) is 4.90 Å². The summed E-state index contributed by atoms with van der Waals surface area (Å²) in [4.78, 5) is 1.35. The molecule has 1 aliphatic rings. The standard InChI is InChI=1S/C14H19F2NO3/c1-8(9-5-3-2-4-6-9)17-7-10(18)12(19)13(20)11(17)14(15)16/h2-6,8,10-14,18-20H,7H2,1H3/t8-,10-,11-,12+,13-/m1/s1. The third kappa shape index (κ3) is 2.83. The number of hydrogen-bond donors (Lipinski definition) is 3. The average molecular weight is 287 g/mol. The number of halogens is 2. The highest BCUT2D eigenvalue weighted by molar-refractivity contribution is 5.19. The fourth-order valence-electron chi connectivity index (χ4n) is 2.70. The molecule has 1 saturated heterocycles. The van der Waals surface area contributed by atoms with Crippen molar-refractivity contribution < 1.29 is 24.1 Å². The minimum Gasteiger partial charge on any atom is -0.389 e. The molecule has 4 nitrogen and oxygen atoms in total. The highest BCUT2D eigenvalue weighted by Gasteiger charge is 2.47. The van der Waals surface area contributed by atoms with Crippen LogP contribution in [0.3, 0.4) is 0 Å². The summed E-state index contributed by atoms with van der Waals surface area (Å²) in [5, 5.41) is 29.1. The minimum absolute atomic E-state index is 0.108. The van der Waals surface area contributed by atoms with Crippen molar-refractivity contribution in [3.63, 3.8) is 0 Å². The van der Waals surface area contributed by atoms with Crippen LogP contribution in [0.4, 0.5) is 8.78 Å². The van der Waals surface area contributed by atoms with Crippen molar-refractivity contribution >= 4 is 0 Å². The largest absolute Gasteiger partial charge is 0.389 e. The average Bonchev–Trinajstić information content (AvgIpc) is 2.44. The highest BCUT2D eigenvalue weighted by atomic mass is 19.3. The molecule has 1 heterocycles. The fourth-order valence-corrected chi connectivity index (χ4v) is 2.70. The number of likely N-dealkylation sites (tertiary alicyclic amines) is 1. The maximum atomic E-state index is 13.2. The first kappa shape index (κ1) is 15.3. The van der Waals surface area contributed by atoms with Gasteiger partial charge in [0.15, 0.2) is 0 Å². The van der Waals surface area contributed by atoms with Gasteiger partial charge >= 0.3 is 0 Å². The van der Waals surface area contributed by atoms with Crippen LogP contribution in [0.5, 0.6) is 0 Å². The molecule has 1 aromatic rings. The van der Waals surface area contributed by atoms with Gasteiger partial charge in [-0.2, -0.15) is 0 Å². The van der Waals surface area contributed by atoms with E-state index in [1.165, 1.54) is 4.90 Å². The van der Waals surface area contributed by atoms with E-state index in [0.29, 0.717) is 0 Å². The molecule has 0 aromatic heterocycles. The molecular weight excluding hydrogens is 268 g/mol. The Morgan fingerprint density at radius 2 is 1.70 bits per heavy atom. The van der Waals surface area contributed by atoms with Crippen molar-refractivity contribution in [3.8, 4) is 0 Å². The highest BCUT2D eigenvalue weighted by Crippen LogP contribution is 2.31. The molecule has 0 bridgehead atoms. The number of rotatable bonds is 3. The fraction of sp³-hybridized carbons (Fsp3) is 0.571. The van der Waals surface area contributed by atoms with Crippen LogP contribution in [0.15, 0.2) is 30.3 Å². The Balaban J connectivity index is 2.27. The van der Waals surface area contributed by atoms with Crippen molar-refractivity contribution in [2.75, 3.05) is 6.54 Å². The minimum atomic E-state index is -2.81. The lowest BCUT2D eigenvalue weighted by Crippen LogP contribution is -2.63. The van der Waals surface area contributed by atoms with Crippen LogP contribution in [-0.2, 0) is 0 Å². The number of benzene rings is 1. The lowest BCUT2D eigenvalue weighted by molar-refractivity contribution is -0.174. The first-order chi connectivity index (χ1) is 9.43. The molecule has 0 unspecified atom stereocenters. The van der Waals surface area contributed by atoms with Gasteiger partial charge in [-0.1, -0.05) is 30.3 Å². The summed E-state index contributed by atoms with van der Waals surface area (Å²) in [5.74, 6) is 0. The van der Waals surface area contributed by atoms with E-state index < -0.39 is 36.8 Å². The van der Waals surface area contributed by atoms with Crippen molar-refractivity contribution in [2.24, 2.45) is 0 Å². The molecule has 0 saturated carbocycles. The number of aliphatic hydroxyl groups is 3. The van der Waals surface area contributed by atoms with Gasteiger partial charge in [-0.3, -0.25) is 4.90 Å². The number of piperidine rings is 1. The van der Waals surface area contributed by atoms with E-state index in [9.17, 15) is 24.1 Å². The zero-order chi connectivity index (χ0) is 14.9. The molecule has 5 atom stereocenters. The third-order valence-electron chi connectivity index (χ3n) is 3.91. The van der Waals surface area contributed by atoms with Crippen molar-refractivity contribution in [3.05, 3.63) is 35.9 Å². The summed E-state index contributed by atoms with van der Waals surface area (Å²) in [6.45, 7) is 1.63. The van der Waals surface area contributed by atoms with Gasteiger partial charge in [-0.15, -0.1) is 0 Å². The second-order valence-corrected chi connectivity index (χ2v) is 5.16. The van der Waals surface area contributed by atoms with Crippen LogP contribution in [0, 0.1) is 0 Å². The van der Waals surface area contributed by atoms with Crippen LogP contribution in [-0.4, -0.2) is 57.5 Å². The van der Waals surface area contributed by atoms with Gasteiger partial charge in [-0.25, -0.2) is 8.78 Å². The lowest BCUT2D eigenvalue weighted by Gasteiger charge is -2.46. The van der Waals surface area contributed by atoms with Crippen LogP contribution >= 0.6 is 0 Å². The Kier molecular flexibility index (Phi) is 4.70. The Bertz CT molecular complexity index is 432. The van der Waals surface area contributed by atoms with Crippen LogP contribution in [0.25, 0.3) is 0 Å². The number of nitrogens with zero attached hydrogens (tertiary/aromatic N) is 1. The third-order valence-corrected chi connectivity index (χ3v) is 3.91. The molecule has 0 amide bonds. The van der Waals surface area contributed by atoms with E-state index in [1.807, 2.05) is 6.07 Å². The van der Waals surface area contributed by atoms with E-state index in [1.54, 1.807) is 31.2 Å². The molecule has 2 rings (SSSR count). The number of alkyl halides is 2. The SMILES string of the molecule is C[C@H](c1ccccc1)N1C[C@@H](O)[C@H](O)[C@H](O)[C@@H]1C(F)F. The summed E-state index contributed by atoms with van der Waals surface area (Å²) in [5.41, 5.74) is 0.814. The molecule has 0 aliphatic carbocycles. The van der Waals surface area contributed by atoms with E-state index in [-0.39, 0.29) is 6.54 Å². The maximum absolute atomic E-state index is 13.2. The van der Waals surface area contributed by atoms with Crippen molar-refractivity contribution in [2.45, 2.75) is 43.7 Å². The lowest BCUT2D eigenvalue weighted by atomic mass is 9.91. The zero-order valence-corrected chi connectivity index (χ0v) is 11.1. The molecule has 3 N–H and O–H groups in total. The Morgan fingerprint density at radius 1 is 1.10 bits per heavy atom. The summed E-state index contributed by atoms with van der Waals surface area (Å²) in [7, 11) is 0. The zero-order valence-electron chi connectivity index (χ0n) is 11.1. The summed E-state index contributed by atoms with van der Waals surface area (Å²) < 4.78 is 26.4. The van der Waals surface area contributed by atoms with Crippen LogP contribution in [0.1, 0.15) is 18.5 Å². The molecular formula is C14H19F2NO3. The Labute approximate surface area is 116 Å². The second kappa shape index (κ2) is 6.13. The first-order valence-electron chi connectivity index (χ1n) is 6.56. The van der Waals surface area contributed by atoms with E-state index in [4.69, 9.17) is 0 Å². The molecule has 1 aliphatic heterocycles. The van der Waals surface area contributed by atoms with E-state index in [2.05, 4.69) is 0 Å². The van der Waals surface area contributed by atoms with Gasteiger partial charge in [0.25, 0.3) is 6.43 Å². The van der Waals surface area contributed by atoms with Crippen molar-refractivity contribution in [1.29, 1.82) is 0 Å². The first-order valence-corrected chi connectivity index (χ1v) is 6.56. The Morgan fingerprint density at radius 3 is 2.25 bits per heavy atom. The molecule has 0 radical (unpaired) electrons. The molecule has 112 valence electrons. The second-order valence-electron chi connectivity index (χ2n) is 5.16. The smallest absolute Gasteiger partial charge is 0.256 e. The van der Waals surface area contributed by atoms with Crippen LogP contribution in [0.2, 0.25) is 0 Å². The molecule has 0 spiro atoms. The Hall–Kier alpha value is -1.08. The van der Waals surface area contributed by atoms with Gasteiger partial charge in [0.2, 0.25) is 0 Å². The summed E-state index contributed by atoms with van der Waals surface area (Å²) >= 11 is 0. The van der Waals surface area contributed by atoms with E-state index >= 15 is 0 Å². The normalized spacial score (nSPS) is 33.4. The molecule has 1 aromatic carbocycles. The molecule has 1 fully saturated rings. The van der Waals surface area contributed by atoms with Gasteiger partial charge in [0.1, 0.15) is 18.2 Å². The number of hydrogen-bond acceptors (Lipinski definition) is 4. The quantitative estimate of drug-likeness (QED) is 0.769. The monoisotopic (exact) mass is 287 g/mol. The van der Waals surface area contributed by atoms with Gasteiger partial charge in [0.05, 0.1) is 6.10 Å². The summed E-state index contributed by atoms with van der Waals surface area (Å²) in [6.07, 6.45) is -7.28. The van der Waals surface area contributed by atoms with Gasteiger partial charge in [-0.05, 0) is 12.5 Å². The predicted octanol–water partition coefficient (Wildman–Crippen LogP) is 0.780.